The van der Waals surface area contributed by atoms with Crippen LogP contribution < -0.4 is 5.32 Å². The Morgan fingerprint density at radius 1 is 1.16 bits per heavy atom. The van der Waals surface area contributed by atoms with E-state index in [4.69, 9.17) is 4.74 Å². The third-order valence-electron chi connectivity index (χ3n) is 5.57. The van der Waals surface area contributed by atoms with E-state index in [1.165, 1.54) is 37.7 Å². The Labute approximate surface area is 155 Å². The molecule has 1 N–H and O–H groups in total. The first-order valence-corrected chi connectivity index (χ1v) is 10.8. The lowest BCUT2D eigenvalue weighted by atomic mass is 9.79. The van der Waals surface area contributed by atoms with Gasteiger partial charge in [-0.15, -0.1) is 0 Å². The van der Waals surface area contributed by atoms with Crippen molar-refractivity contribution in [3.8, 4) is 0 Å². The van der Waals surface area contributed by atoms with Crippen LogP contribution in [0, 0.1) is 0 Å². The molecule has 138 valence electrons. The molecule has 2 fully saturated rings. The SMILES string of the molecule is CSCc1ccc(C(=O)NCC2(N3CCOCC3)CCCCC2)cc1. The largest absolute Gasteiger partial charge is 0.379 e. The number of rotatable bonds is 6. The van der Waals surface area contributed by atoms with E-state index in [9.17, 15) is 4.79 Å². The van der Waals surface area contributed by atoms with Crippen LogP contribution in [0.3, 0.4) is 0 Å². The molecule has 1 aromatic rings. The van der Waals surface area contributed by atoms with Gasteiger partial charge in [0.1, 0.15) is 0 Å². The van der Waals surface area contributed by atoms with Crippen LogP contribution in [0.1, 0.15) is 48.0 Å². The van der Waals surface area contributed by atoms with Crippen molar-refractivity contribution in [1.29, 1.82) is 0 Å². The number of amides is 1. The van der Waals surface area contributed by atoms with Crippen molar-refractivity contribution in [2.75, 3.05) is 39.1 Å². The van der Waals surface area contributed by atoms with Crippen molar-refractivity contribution in [3.05, 3.63) is 35.4 Å². The minimum absolute atomic E-state index is 0.0499. The molecule has 3 rings (SSSR count). The summed E-state index contributed by atoms with van der Waals surface area (Å²) in [7, 11) is 0. The minimum atomic E-state index is 0.0499. The second-order valence-corrected chi connectivity index (χ2v) is 8.06. The van der Waals surface area contributed by atoms with Gasteiger partial charge in [-0.3, -0.25) is 9.69 Å². The number of hydrogen-bond donors (Lipinski definition) is 1. The first kappa shape index (κ1) is 18.7. The van der Waals surface area contributed by atoms with E-state index in [1.54, 1.807) is 11.8 Å². The Bertz CT molecular complexity index is 549. The zero-order valence-corrected chi connectivity index (χ0v) is 16.1. The Kier molecular flexibility index (Phi) is 6.79. The molecule has 1 saturated carbocycles. The van der Waals surface area contributed by atoms with Gasteiger partial charge >= 0.3 is 0 Å². The first-order chi connectivity index (χ1) is 12.2. The summed E-state index contributed by atoms with van der Waals surface area (Å²) in [6, 6.07) is 8.01. The van der Waals surface area contributed by atoms with Gasteiger partial charge in [-0.25, -0.2) is 0 Å². The van der Waals surface area contributed by atoms with Crippen molar-refractivity contribution in [3.63, 3.8) is 0 Å². The Morgan fingerprint density at radius 2 is 1.84 bits per heavy atom. The highest BCUT2D eigenvalue weighted by Gasteiger charge is 2.38. The van der Waals surface area contributed by atoms with Crippen molar-refractivity contribution >= 4 is 17.7 Å². The fourth-order valence-corrected chi connectivity index (χ4v) is 4.64. The van der Waals surface area contributed by atoms with E-state index in [-0.39, 0.29) is 11.4 Å². The maximum absolute atomic E-state index is 12.6. The van der Waals surface area contributed by atoms with Gasteiger partial charge < -0.3 is 10.1 Å². The summed E-state index contributed by atoms with van der Waals surface area (Å²) in [4.78, 5) is 15.2. The Balaban J connectivity index is 1.62. The average Bonchev–Trinajstić information content (AvgIpc) is 2.68. The molecule has 5 heteroatoms. The second-order valence-electron chi connectivity index (χ2n) is 7.20. The number of morpholine rings is 1. The van der Waals surface area contributed by atoms with Gasteiger partial charge in [0, 0.05) is 36.5 Å². The number of carbonyl (C=O) groups excluding carboxylic acids is 1. The van der Waals surface area contributed by atoms with Crippen LogP contribution in [-0.2, 0) is 10.5 Å². The van der Waals surface area contributed by atoms with Gasteiger partial charge in [-0.2, -0.15) is 11.8 Å². The van der Waals surface area contributed by atoms with Crippen LogP contribution in [-0.4, -0.2) is 55.4 Å². The molecule has 0 radical (unpaired) electrons. The van der Waals surface area contributed by atoms with Crippen LogP contribution in [0.4, 0.5) is 0 Å². The summed E-state index contributed by atoms with van der Waals surface area (Å²) in [6.45, 7) is 4.34. The number of ether oxygens (including phenoxy) is 1. The summed E-state index contributed by atoms with van der Waals surface area (Å²) in [5.74, 6) is 1.04. The number of carbonyl (C=O) groups is 1. The number of nitrogens with one attached hydrogen (secondary N) is 1. The second kappa shape index (κ2) is 9.06. The van der Waals surface area contributed by atoms with Crippen LogP contribution in [0.15, 0.2) is 24.3 Å². The maximum Gasteiger partial charge on any atom is 0.251 e. The van der Waals surface area contributed by atoms with Gasteiger partial charge in [0.25, 0.3) is 5.91 Å². The van der Waals surface area contributed by atoms with E-state index < -0.39 is 0 Å². The Hall–Kier alpha value is -1.04. The number of nitrogens with zero attached hydrogens (tertiary/aromatic N) is 1. The number of benzene rings is 1. The standard InChI is InChI=1S/C20H30N2O2S/c1-25-15-17-5-7-18(8-6-17)19(23)21-16-20(9-3-2-4-10-20)22-11-13-24-14-12-22/h5-8H,2-4,9-16H2,1H3,(H,21,23). The molecular weight excluding hydrogens is 332 g/mol. The van der Waals surface area contributed by atoms with Crippen molar-refractivity contribution in [2.24, 2.45) is 0 Å². The molecule has 0 aromatic heterocycles. The van der Waals surface area contributed by atoms with Gasteiger partial charge in [0.05, 0.1) is 13.2 Å². The third kappa shape index (κ3) is 4.78. The summed E-state index contributed by atoms with van der Waals surface area (Å²) in [5.41, 5.74) is 2.15. The lowest BCUT2D eigenvalue weighted by Gasteiger charge is -2.48. The lowest BCUT2D eigenvalue weighted by molar-refractivity contribution is -0.0361. The molecule has 1 amide bonds. The van der Waals surface area contributed by atoms with E-state index >= 15 is 0 Å². The fraction of sp³-hybridized carbons (Fsp3) is 0.650. The van der Waals surface area contributed by atoms with E-state index in [1.807, 2.05) is 12.1 Å². The molecule has 25 heavy (non-hydrogen) atoms. The van der Waals surface area contributed by atoms with Crippen LogP contribution in [0.5, 0.6) is 0 Å². The minimum Gasteiger partial charge on any atom is -0.379 e. The molecule has 0 unspecified atom stereocenters. The normalized spacial score (nSPS) is 21.0. The molecule has 1 aliphatic carbocycles. The zero-order chi connectivity index (χ0) is 17.5. The molecule has 4 nitrogen and oxygen atoms in total. The smallest absolute Gasteiger partial charge is 0.251 e. The van der Waals surface area contributed by atoms with Crippen molar-refractivity contribution in [1.82, 2.24) is 10.2 Å². The number of thioether (sulfide) groups is 1. The molecule has 0 spiro atoms. The van der Waals surface area contributed by atoms with Gasteiger partial charge in [0.15, 0.2) is 0 Å². The predicted molar refractivity (Wildman–Crippen MR) is 104 cm³/mol. The number of hydrogen-bond acceptors (Lipinski definition) is 4. The highest BCUT2D eigenvalue weighted by molar-refractivity contribution is 7.97. The monoisotopic (exact) mass is 362 g/mol. The molecule has 1 aromatic carbocycles. The average molecular weight is 363 g/mol. The topological polar surface area (TPSA) is 41.6 Å². The quantitative estimate of drug-likeness (QED) is 0.843. The van der Waals surface area contributed by atoms with Gasteiger partial charge in [0.2, 0.25) is 0 Å². The predicted octanol–water partition coefficient (Wildman–Crippen LogP) is 3.31. The summed E-state index contributed by atoms with van der Waals surface area (Å²) >= 11 is 1.80. The molecule has 0 atom stereocenters. The van der Waals surface area contributed by atoms with Crippen LogP contribution in [0.2, 0.25) is 0 Å². The fourth-order valence-electron chi connectivity index (χ4n) is 4.12. The van der Waals surface area contributed by atoms with E-state index in [2.05, 4.69) is 28.6 Å². The highest BCUT2D eigenvalue weighted by atomic mass is 32.2. The highest BCUT2D eigenvalue weighted by Crippen LogP contribution is 2.34. The Morgan fingerprint density at radius 3 is 2.48 bits per heavy atom. The van der Waals surface area contributed by atoms with Crippen LogP contribution in [0.25, 0.3) is 0 Å². The summed E-state index contributed by atoms with van der Waals surface area (Å²) in [6.07, 6.45) is 8.29. The molecule has 1 aliphatic heterocycles. The van der Waals surface area contributed by atoms with Crippen LogP contribution >= 0.6 is 11.8 Å². The molecule has 1 saturated heterocycles. The van der Waals surface area contributed by atoms with E-state index in [0.29, 0.717) is 0 Å². The first-order valence-electron chi connectivity index (χ1n) is 9.42. The van der Waals surface area contributed by atoms with Crippen molar-refractivity contribution in [2.45, 2.75) is 43.4 Å². The summed E-state index contributed by atoms with van der Waals surface area (Å²) < 4.78 is 5.53. The molecule has 1 heterocycles. The molecular formula is C20H30N2O2S. The van der Waals surface area contributed by atoms with Gasteiger partial charge in [-0.1, -0.05) is 31.4 Å². The molecule has 0 bridgehead atoms. The van der Waals surface area contributed by atoms with E-state index in [0.717, 1.165) is 44.2 Å². The van der Waals surface area contributed by atoms with Gasteiger partial charge in [-0.05, 0) is 36.8 Å². The molecule has 2 aliphatic rings. The van der Waals surface area contributed by atoms with Crippen molar-refractivity contribution < 1.29 is 9.53 Å². The lowest BCUT2D eigenvalue weighted by Crippen LogP contribution is -2.59. The third-order valence-corrected chi connectivity index (χ3v) is 6.19. The summed E-state index contributed by atoms with van der Waals surface area (Å²) in [5, 5.41) is 3.23. The maximum atomic E-state index is 12.6. The zero-order valence-electron chi connectivity index (χ0n) is 15.3.